The Morgan fingerprint density at radius 1 is 0.145 bits per heavy atom. The Hall–Kier alpha value is -19.2. The van der Waals surface area contributed by atoms with Crippen LogP contribution in [0.2, 0.25) is 0 Å². The predicted molar refractivity (Wildman–Crippen MR) is 607 cm³/mol. The number of hydrogen-bond donors (Lipinski definition) is 5. The molecule has 0 amide bonds. The molecule has 0 saturated heterocycles. The van der Waals surface area contributed by atoms with Crippen molar-refractivity contribution in [1.29, 1.82) is 0 Å². The summed E-state index contributed by atoms with van der Waals surface area (Å²) in [6.45, 7) is 4.61. The second-order valence-electron chi connectivity index (χ2n) is 36.9. The van der Waals surface area contributed by atoms with E-state index in [1.54, 1.807) is 0 Å². The van der Waals surface area contributed by atoms with Crippen molar-refractivity contribution < 1.29 is 22.1 Å². The summed E-state index contributed by atoms with van der Waals surface area (Å²) in [7, 11) is 0. The first-order valence-electron chi connectivity index (χ1n) is 49.0. The largest absolute Gasteiger partial charge is 0.454 e. The lowest BCUT2D eigenvalue weighted by Crippen LogP contribution is -2.15. The van der Waals surface area contributed by atoms with Gasteiger partial charge < -0.3 is 48.7 Å². The molecular formula is C135H97N5O5. The Bertz CT molecular complexity index is 9320. The molecule has 22 aromatic carbocycles. The molecule has 0 unspecified atom stereocenters. The normalized spacial score (nSPS) is 11.7. The van der Waals surface area contributed by atoms with Gasteiger partial charge >= 0.3 is 0 Å². The van der Waals surface area contributed by atoms with Crippen molar-refractivity contribution in [2.75, 3.05) is 26.6 Å². The minimum Gasteiger partial charge on any atom is -0.454 e. The molecular weight excluding hydrogens is 1770 g/mol. The molecule has 1 aliphatic rings. The fourth-order valence-corrected chi connectivity index (χ4v) is 20.2. The van der Waals surface area contributed by atoms with E-state index in [0.717, 1.165) is 172 Å². The highest BCUT2D eigenvalue weighted by atomic mass is 16.3. The molecule has 27 aromatic rings. The van der Waals surface area contributed by atoms with Gasteiger partial charge in [0.2, 0.25) is 0 Å². The van der Waals surface area contributed by atoms with Crippen molar-refractivity contribution in [1.82, 2.24) is 0 Å². The molecule has 5 heterocycles. The molecule has 0 atom stereocenters. The van der Waals surface area contributed by atoms with Gasteiger partial charge in [0.05, 0.1) is 28.4 Å². The van der Waals surface area contributed by atoms with Crippen molar-refractivity contribution in [2.24, 2.45) is 0 Å². The summed E-state index contributed by atoms with van der Waals surface area (Å²) in [4.78, 5) is 0. The fraction of sp³-hybridized carbons (Fsp3) is 0.0222. The van der Waals surface area contributed by atoms with Crippen molar-refractivity contribution in [3.8, 4) is 77.9 Å². The predicted octanol–water partition coefficient (Wildman–Crippen LogP) is 39.0. The first-order chi connectivity index (χ1) is 71.6. The molecule has 692 valence electrons. The van der Waals surface area contributed by atoms with Crippen molar-refractivity contribution in [3.63, 3.8) is 0 Å². The number of furan rings is 5. The SMILES string of the molecule is CC1(C)c2ccccc2-c2ccc(Nc3cccc4c3oc3ccccc34)cc21.c1ccc(-c2cc(Nc3cccc4c3oc3ccccc34)cc(-c3ccccc3)c2)cc1.c1ccc(-c2ccc(Nc3cccc4c3oc3ccccc34)c(-c3ccccc3)c2)cc1.c1ccc(-c2ccc(Nc3cccc4c3oc3ccccc34)cc2)cc1.c1ccc(-c2cccc(Nc3cccc4c3oc3ccccc34)c2)cc1. The Morgan fingerprint density at radius 2 is 0.414 bits per heavy atom. The van der Waals surface area contributed by atoms with Crippen LogP contribution >= 0.6 is 0 Å². The van der Waals surface area contributed by atoms with Crippen LogP contribution < -0.4 is 26.6 Å². The highest BCUT2D eigenvalue weighted by Gasteiger charge is 2.35. The maximum Gasteiger partial charge on any atom is 0.158 e. The van der Waals surface area contributed by atoms with Crippen LogP contribution in [0.15, 0.2) is 544 Å². The van der Waals surface area contributed by atoms with Crippen LogP contribution in [0.5, 0.6) is 0 Å². The minimum atomic E-state index is -0.00497. The average molecular weight is 1870 g/mol. The average Bonchev–Trinajstić information content (AvgIpc) is 1.58. The molecule has 1 aliphatic carbocycles. The molecule has 10 heteroatoms. The zero-order valence-corrected chi connectivity index (χ0v) is 79.7. The summed E-state index contributed by atoms with van der Waals surface area (Å²) >= 11 is 0. The van der Waals surface area contributed by atoms with Crippen LogP contribution in [-0.4, -0.2) is 0 Å². The van der Waals surface area contributed by atoms with E-state index in [1.807, 2.05) is 121 Å². The summed E-state index contributed by atoms with van der Waals surface area (Å²) in [5.41, 5.74) is 38.8. The van der Waals surface area contributed by atoms with Crippen LogP contribution in [0.4, 0.5) is 56.9 Å². The van der Waals surface area contributed by atoms with Gasteiger partial charge in [-0.25, -0.2) is 0 Å². The van der Waals surface area contributed by atoms with Gasteiger partial charge in [0, 0.05) is 93.3 Å². The number of para-hydroxylation sites is 10. The highest BCUT2D eigenvalue weighted by Crippen LogP contribution is 2.51. The standard InChI is InChI=1S/2C30H21NO.C27H21NO.2C24H17NO/c1-3-10-21(11-4-1)23-18-24(22-12-5-2-6-13-22)20-25(19-23)31-28-16-9-15-27-26-14-7-8-17-29(26)32-30(27)28;1-3-10-21(11-4-1)23-18-19-27(26(20-23)22-12-5-2-6-13-22)31-28-16-9-15-25-24-14-7-8-17-29(24)32-30(25)28;1-27(2)22-11-5-3-8-18(22)19-15-14-17(16-23(19)27)28-24-12-7-10-21-20-9-4-6-13-25(20)29-26(21)24;1-2-8-17(9-3-1)18-10-6-11-19(16-18)25-22-14-7-13-21-20-12-4-5-15-23(20)26-24(21)22;1-2-7-17(8-3-1)18-13-15-19(16-14-18)25-22-11-6-10-21-20-9-4-5-12-23(20)26-24(21)22/h2*1-20,31H;3-16,28H,1-2H3;2*1-16,25H. The molecule has 5 N–H and O–H groups in total. The van der Waals surface area contributed by atoms with E-state index in [9.17, 15) is 0 Å². The Kier molecular flexibility index (Phi) is 24.0. The molecule has 0 spiro atoms. The van der Waals surface area contributed by atoms with Gasteiger partial charge in [-0.15, -0.1) is 0 Å². The van der Waals surface area contributed by atoms with Crippen LogP contribution in [0.3, 0.4) is 0 Å². The molecule has 0 fully saturated rings. The van der Waals surface area contributed by atoms with Crippen LogP contribution in [-0.2, 0) is 5.41 Å². The third kappa shape index (κ3) is 18.1. The lowest BCUT2D eigenvalue weighted by Gasteiger charge is -2.22. The maximum absolute atomic E-state index is 6.23. The van der Waals surface area contributed by atoms with Crippen LogP contribution in [0.1, 0.15) is 25.0 Å². The van der Waals surface area contributed by atoms with E-state index in [2.05, 4.69) is 441 Å². The summed E-state index contributed by atoms with van der Waals surface area (Å²) in [6.07, 6.45) is 0. The number of benzene rings is 22. The van der Waals surface area contributed by atoms with E-state index in [4.69, 9.17) is 22.1 Å². The Morgan fingerprint density at radius 3 is 0.821 bits per heavy atom. The van der Waals surface area contributed by atoms with E-state index < -0.39 is 0 Å². The minimum absolute atomic E-state index is 0.00497. The van der Waals surface area contributed by atoms with Crippen LogP contribution in [0, 0.1) is 0 Å². The van der Waals surface area contributed by atoms with Crippen molar-refractivity contribution >= 4 is 167 Å². The lowest BCUT2D eigenvalue weighted by molar-refractivity contribution is 0.660. The second kappa shape index (κ2) is 39.3. The summed E-state index contributed by atoms with van der Waals surface area (Å²) in [5.74, 6) is 0. The van der Waals surface area contributed by atoms with Crippen molar-refractivity contribution in [3.05, 3.63) is 533 Å². The number of fused-ring (bicyclic) bond motifs is 18. The van der Waals surface area contributed by atoms with E-state index in [-0.39, 0.29) is 5.41 Å². The molecule has 0 aliphatic heterocycles. The zero-order valence-electron chi connectivity index (χ0n) is 79.7. The van der Waals surface area contributed by atoms with E-state index in [0.29, 0.717) is 0 Å². The summed E-state index contributed by atoms with van der Waals surface area (Å²) in [6, 6.07) is 180. The van der Waals surface area contributed by atoms with Crippen molar-refractivity contribution in [2.45, 2.75) is 19.3 Å². The van der Waals surface area contributed by atoms with Gasteiger partial charge in [-0.2, -0.15) is 0 Å². The Labute approximate surface area is 839 Å². The monoisotopic (exact) mass is 1870 g/mol. The van der Waals surface area contributed by atoms with E-state index in [1.165, 1.54) is 83.5 Å². The van der Waals surface area contributed by atoms with Gasteiger partial charge in [0.25, 0.3) is 0 Å². The lowest BCUT2D eigenvalue weighted by atomic mass is 9.82. The van der Waals surface area contributed by atoms with Gasteiger partial charge in [-0.3, -0.25) is 0 Å². The molecule has 28 rings (SSSR count). The second-order valence-corrected chi connectivity index (χ2v) is 36.9. The molecule has 145 heavy (non-hydrogen) atoms. The highest BCUT2D eigenvalue weighted by molar-refractivity contribution is 6.14. The van der Waals surface area contributed by atoms with Gasteiger partial charge in [0.1, 0.15) is 27.9 Å². The van der Waals surface area contributed by atoms with Gasteiger partial charge in [-0.1, -0.05) is 408 Å². The number of anilines is 10. The smallest absolute Gasteiger partial charge is 0.158 e. The molecule has 10 nitrogen and oxygen atoms in total. The quantitative estimate of drug-likeness (QED) is 0.0638. The van der Waals surface area contributed by atoms with Crippen LogP contribution in [0.25, 0.3) is 188 Å². The topological polar surface area (TPSA) is 126 Å². The maximum atomic E-state index is 6.23. The summed E-state index contributed by atoms with van der Waals surface area (Å²) in [5, 5.41) is 29.3. The first kappa shape index (κ1) is 88.5. The third-order valence-corrected chi connectivity index (χ3v) is 27.3. The first-order valence-corrected chi connectivity index (χ1v) is 49.0. The van der Waals surface area contributed by atoms with E-state index >= 15 is 0 Å². The number of nitrogens with one attached hydrogen (secondary N) is 5. The Balaban J connectivity index is 0.0000000976. The molecule has 5 aromatic heterocycles. The third-order valence-electron chi connectivity index (χ3n) is 27.3. The van der Waals surface area contributed by atoms with Gasteiger partial charge in [-0.05, 0) is 211 Å². The van der Waals surface area contributed by atoms with Gasteiger partial charge in [0.15, 0.2) is 27.9 Å². The fourth-order valence-electron chi connectivity index (χ4n) is 20.2. The number of hydrogen-bond acceptors (Lipinski definition) is 10. The summed E-state index contributed by atoms with van der Waals surface area (Å²) < 4.78 is 30.8. The molecule has 0 bridgehead atoms. The molecule has 0 saturated carbocycles. The molecule has 0 radical (unpaired) electrons. The number of rotatable bonds is 16. The zero-order chi connectivity index (χ0) is 96.9.